The first-order valence-corrected chi connectivity index (χ1v) is 7.75. The lowest BCUT2D eigenvalue weighted by Crippen LogP contribution is -2.31. The van der Waals surface area contributed by atoms with E-state index in [1.807, 2.05) is 0 Å². The third kappa shape index (κ3) is 3.14. The van der Waals surface area contributed by atoms with Gasteiger partial charge in [0.25, 0.3) is 0 Å². The fourth-order valence-corrected chi connectivity index (χ4v) is 2.81. The molecule has 0 aliphatic heterocycles. The van der Waals surface area contributed by atoms with Gasteiger partial charge in [0, 0.05) is 17.1 Å². The molecule has 2 saturated carbocycles. The van der Waals surface area contributed by atoms with E-state index in [1.165, 1.54) is 37.7 Å². The van der Waals surface area contributed by atoms with Crippen LogP contribution in [0.2, 0.25) is 0 Å². The lowest BCUT2D eigenvalue weighted by atomic mass is 9.95. The molecule has 18 heavy (non-hydrogen) atoms. The second-order valence-corrected chi connectivity index (χ2v) is 6.24. The molecule has 1 unspecified atom stereocenters. The zero-order chi connectivity index (χ0) is 12.4. The summed E-state index contributed by atoms with van der Waals surface area (Å²) < 4.78 is 7.40. The molecule has 1 atom stereocenters. The highest BCUT2D eigenvalue weighted by molar-refractivity contribution is 9.10. The minimum absolute atomic E-state index is 0.187. The summed E-state index contributed by atoms with van der Waals surface area (Å²) in [5, 5.41) is 3.59. The van der Waals surface area contributed by atoms with E-state index in [0.717, 1.165) is 17.1 Å². The molecule has 0 heterocycles. The molecule has 2 fully saturated rings. The number of halogens is 1. The van der Waals surface area contributed by atoms with Crippen molar-refractivity contribution in [3.05, 3.63) is 34.3 Å². The van der Waals surface area contributed by atoms with Crippen LogP contribution in [-0.4, -0.2) is 18.7 Å². The molecule has 0 aromatic heterocycles. The van der Waals surface area contributed by atoms with E-state index < -0.39 is 0 Å². The molecule has 3 rings (SSSR count). The second-order valence-electron chi connectivity index (χ2n) is 5.38. The maximum atomic E-state index is 6.24. The smallest absolute Gasteiger partial charge is 0.0963 e. The Kier molecular flexibility index (Phi) is 4.02. The van der Waals surface area contributed by atoms with Crippen molar-refractivity contribution in [2.75, 3.05) is 6.54 Å². The monoisotopic (exact) mass is 309 g/mol. The van der Waals surface area contributed by atoms with Gasteiger partial charge in [0.05, 0.1) is 12.2 Å². The first-order valence-electron chi connectivity index (χ1n) is 6.96. The summed E-state index contributed by atoms with van der Waals surface area (Å²) in [5.41, 5.74) is 1.28. The number of hydrogen-bond acceptors (Lipinski definition) is 2. The van der Waals surface area contributed by atoms with Crippen LogP contribution < -0.4 is 5.32 Å². The molecule has 1 aromatic rings. The number of benzene rings is 1. The van der Waals surface area contributed by atoms with Crippen LogP contribution in [-0.2, 0) is 4.74 Å². The van der Waals surface area contributed by atoms with Gasteiger partial charge in [0.1, 0.15) is 0 Å². The number of hydrogen-bond donors (Lipinski definition) is 1. The third-order valence-corrected chi connectivity index (χ3v) is 4.55. The standard InChI is InChI=1S/C15H20BrNO/c16-14-7-2-1-6-13(14)15(10-17-11-8-9-11)18-12-4-3-5-12/h1-2,6-7,11-12,15,17H,3-5,8-10H2. The molecule has 0 bridgehead atoms. The molecule has 2 nitrogen and oxygen atoms in total. The Labute approximate surface area is 117 Å². The van der Waals surface area contributed by atoms with Crippen molar-refractivity contribution < 1.29 is 4.74 Å². The van der Waals surface area contributed by atoms with Gasteiger partial charge in [-0.1, -0.05) is 34.1 Å². The Morgan fingerprint density at radius 1 is 1.22 bits per heavy atom. The summed E-state index contributed by atoms with van der Waals surface area (Å²) in [6, 6.07) is 9.15. The minimum atomic E-state index is 0.187. The molecule has 0 radical (unpaired) electrons. The maximum absolute atomic E-state index is 6.24. The van der Waals surface area contributed by atoms with Gasteiger partial charge in [-0.3, -0.25) is 0 Å². The summed E-state index contributed by atoms with van der Waals surface area (Å²) in [7, 11) is 0. The van der Waals surface area contributed by atoms with Crippen LogP contribution in [0, 0.1) is 0 Å². The topological polar surface area (TPSA) is 21.3 Å². The van der Waals surface area contributed by atoms with Gasteiger partial charge in [-0.2, -0.15) is 0 Å². The Balaban J connectivity index is 1.67. The Bertz CT molecular complexity index is 401. The van der Waals surface area contributed by atoms with Crippen molar-refractivity contribution in [2.24, 2.45) is 0 Å². The quantitative estimate of drug-likeness (QED) is 0.862. The fraction of sp³-hybridized carbons (Fsp3) is 0.600. The van der Waals surface area contributed by atoms with E-state index in [0.29, 0.717) is 6.10 Å². The van der Waals surface area contributed by atoms with Crippen molar-refractivity contribution in [1.82, 2.24) is 5.32 Å². The van der Waals surface area contributed by atoms with Crippen LogP contribution in [0.1, 0.15) is 43.8 Å². The van der Waals surface area contributed by atoms with Gasteiger partial charge >= 0.3 is 0 Å². The normalized spacial score (nSPS) is 21.6. The summed E-state index contributed by atoms with van der Waals surface area (Å²) in [6.45, 7) is 0.934. The molecule has 1 N–H and O–H groups in total. The van der Waals surface area contributed by atoms with E-state index in [4.69, 9.17) is 4.74 Å². The van der Waals surface area contributed by atoms with E-state index in [-0.39, 0.29) is 6.10 Å². The Morgan fingerprint density at radius 2 is 2.00 bits per heavy atom. The van der Waals surface area contributed by atoms with E-state index >= 15 is 0 Å². The summed E-state index contributed by atoms with van der Waals surface area (Å²) >= 11 is 3.64. The van der Waals surface area contributed by atoms with Crippen LogP contribution in [0.5, 0.6) is 0 Å². The SMILES string of the molecule is Brc1ccccc1C(CNC1CC1)OC1CCC1. The molecule has 2 aliphatic rings. The molecule has 0 amide bonds. The van der Waals surface area contributed by atoms with Gasteiger partial charge in [-0.15, -0.1) is 0 Å². The van der Waals surface area contributed by atoms with Crippen LogP contribution in [0.15, 0.2) is 28.7 Å². The highest BCUT2D eigenvalue weighted by Gasteiger charge is 2.27. The van der Waals surface area contributed by atoms with Crippen molar-refractivity contribution in [1.29, 1.82) is 0 Å². The molecule has 98 valence electrons. The Hall–Kier alpha value is -0.380. The summed E-state index contributed by atoms with van der Waals surface area (Å²) in [4.78, 5) is 0. The Morgan fingerprint density at radius 3 is 2.61 bits per heavy atom. The lowest BCUT2D eigenvalue weighted by molar-refractivity contribution is -0.0523. The highest BCUT2D eigenvalue weighted by atomic mass is 79.9. The average Bonchev–Trinajstić information content (AvgIpc) is 3.12. The largest absolute Gasteiger partial charge is 0.369 e. The number of nitrogens with one attached hydrogen (secondary N) is 1. The van der Waals surface area contributed by atoms with E-state index in [9.17, 15) is 0 Å². The van der Waals surface area contributed by atoms with Crippen molar-refractivity contribution >= 4 is 15.9 Å². The molecule has 2 aliphatic carbocycles. The van der Waals surface area contributed by atoms with E-state index in [2.05, 4.69) is 45.5 Å². The van der Waals surface area contributed by atoms with Gasteiger partial charge < -0.3 is 10.1 Å². The fourth-order valence-electron chi connectivity index (χ4n) is 2.27. The molecule has 3 heteroatoms. The van der Waals surface area contributed by atoms with Crippen LogP contribution in [0.25, 0.3) is 0 Å². The zero-order valence-electron chi connectivity index (χ0n) is 10.6. The predicted octanol–water partition coefficient (Wildman–Crippen LogP) is 3.81. The second kappa shape index (κ2) is 5.72. The van der Waals surface area contributed by atoms with Crippen molar-refractivity contribution in [2.45, 2.75) is 50.4 Å². The van der Waals surface area contributed by atoms with Gasteiger partial charge in [-0.25, -0.2) is 0 Å². The highest BCUT2D eigenvalue weighted by Crippen LogP contribution is 2.32. The maximum Gasteiger partial charge on any atom is 0.0963 e. The third-order valence-electron chi connectivity index (χ3n) is 3.83. The van der Waals surface area contributed by atoms with Crippen molar-refractivity contribution in [3.63, 3.8) is 0 Å². The molecule has 0 saturated heterocycles. The first kappa shape index (κ1) is 12.6. The number of ether oxygens (including phenoxy) is 1. The molecular formula is C15H20BrNO. The van der Waals surface area contributed by atoms with Gasteiger partial charge in [0.15, 0.2) is 0 Å². The number of rotatable bonds is 6. The summed E-state index contributed by atoms with van der Waals surface area (Å²) in [6.07, 6.45) is 7.09. The predicted molar refractivity (Wildman–Crippen MR) is 76.6 cm³/mol. The lowest BCUT2D eigenvalue weighted by Gasteiger charge is -2.31. The van der Waals surface area contributed by atoms with Gasteiger partial charge in [0.2, 0.25) is 0 Å². The average molecular weight is 310 g/mol. The molecule has 1 aromatic carbocycles. The molecule has 0 spiro atoms. The van der Waals surface area contributed by atoms with Crippen molar-refractivity contribution in [3.8, 4) is 0 Å². The first-order chi connectivity index (χ1) is 8.83. The van der Waals surface area contributed by atoms with Crippen LogP contribution in [0.4, 0.5) is 0 Å². The molecular weight excluding hydrogens is 290 g/mol. The van der Waals surface area contributed by atoms with E-state index in [1.54, 1.807) is 0 Å². The van der Waals surface area contributed by atoms with Crippen LogP contribution in [0.3, 0.4) is 0 Å². The zero-order valence-corrected chi connectivity index (χ0v) is 12.2. The minimum Gasteiger partial charge on any atom is -0.369 e. The summed E-state index contributed by atoms with van der Waals surface area (Å²) in [5.74, 6) is 0. The van der Waals surface area contributed by atoms with Gasteiger partial charge in [-0.05, 0) is 43.7 Å². The van der Waals surface area contributed by atoms with Crippen LogP contribution >= 0.6 is 15.9 Å².